The van der Waals surface area contributed by atoms with Crippen molar-refractivity contribution in [3.63, 3.8) is 0 Å². The van der Waals surface area contributed by atoms with Gasteiger partial charge in [0.25, 0.3) is 5.91 Å². The van der Waals surface area contributed by atoms with Crippen LogP contribution in [0.5, 0.6) is 0 Å². The third-order valence-corrected chi connectivity index (χ3v) is 5.11. The Morgan fingerprint density at radius 1 is 0.927 bits per heavy atom. The summed E-state index contributed by atoms with van der Waals surface area (Å²) in [7, 11) is 0. The summed E-state index contributed by atoms with van der Waals surface area (Å²) in [4.78, 5) is 44.7. The van der Waals surface area contributed by atoms with Gasteiger partial charge in [0.15, 0.2) is 0 Å². The van der Waals surface area contributed by atoms with Crippen molar-refractivity contribution in [1.29, 1.82) is 0 Å². The van der Waals surface area contributed by atoms with Crippen molar-refractivity contribution in [3.05, 3.63) is 72.3 Å². The molecule has 3 aromatic rings. The van der Waals surface area contributed by atoms with Crippen LogP contribution in [0.1, 0.15) is 34.3 Å². The molecule has 222 valence electrons. The van der Waals surface area contributed by atoms with Gasteiger partial charge in [-0.3, -0.25) is 24.3 Å². The lowest BCUT2D eigenvalue weighted by molar-refractivity contribution is -0.193. The summed E-state index contributed by atoms with van der Waals surface area (Å²) in [6, 6.07) is 8.24. The highest BCUT2D eigenvalue weighted by molar-refractivity contribution is 5.91. The Hall–Kier alpha value is -4.61. The van der Waals surface area contributed by atoms with Gasteiger partial charge in [0.2, 0.25) is 0 Å². The fourth-order valence-corrected chi connectivity index (χ4v) is 3.38. The van der Waals surface area contributed by atoms with Crippen molar-refractivity contribution >= 4 is 17.8 Å². The summed E-state index contributed by atoms with van der Waals surface area (Å²) in [5, 5.41) is 21.6. The van der Waals surface area contributed by atoms with Crippen LogP contribution in [0.25, 0.3) is 0 Å². The van der Waals surface area contributed by atoms with Crippen molar-refractivity contribution in [2.45, 2.75) is 37.9 Å². The fourth-order valence-electron chi connectivity index (χ4n) is 3.38. The number of aliphatic carboxylic acids is 2. The monoisotopic (exact) mass is 591 g/mol. The van der Waals surface area contributed by atoms with Gasteiger partial charge in [-0.15, -0.1) is 0 Å². The van der Waals surface area contributed by atoms with Gasteiger partial charge in [-0.05, 0) is 24.6 Å². The van der Waals surface area contributed by atoms with Gasteiger partial charge in [0.05, 0.1) is 23.6 Å². The highest BCUT2D eigenvalue weighted by Crippen LogP contribution is 2.23. The maximum Gasteiger partial charge on any atom is 0.490 e. The summed E-state index contributed by atoms with van der Waals surface area (Å²) in [6.07, 6.45) is -1.18. The molecular formula is C23H23F6N7O5. The van der Waals surface area contributed by atoms with E-state index in [4.69, 9.17) is 19.8 Å². The normalized spacial score (nSPS) is 14.8. The molecule has 0 spiro atoms. The third kappa shape index (κ3) is 11.2. The topological polar surface area (TPSA) is 163 Å². The highest BCUT2D eigenvalue weighted by atomic mass is 19.4. The second kappa shape index (κ2) is 14.7. The molecule has 3 aromatic heterocycles. The van der Waals surface area contributed by atoms with Crippen LogP contribution in [-0.4, -0.2) is 83.1 Å². The molecule has 0 radical (unpaired) electrons. The Bertz CT molecular complexity index is 1250. The Morgan fingerprint density at radius 3 is 2.12 bits per heavy atom. The van der Waals surface area contributed by atoms with Gasteiger partial charge in [-0.2, -0.15) is 31.4 Å². The number of halogens is 6. The fraction of sp³-hybridized carbons (Fsp3) is 0.348. The molecule has 12 nitrogen and oxygen atoms in total. The number of carbonyl (C=O) groups excluding carboxylic acids is 1. The minimum absolute atomic E-state index is 0.203. The number of aromatic nitrogens is 5. The second-order valence-corrected chi connectivity index (χ2v) is 8.15. The smallest absolute Gasteiger partial charge is 0.475 e. The predicted molar refractivity (Wildman–Crippen MR) is 126 cm³/mol. The van der Waals surface area contributed by atoms with Crippen molar-refractivity contribution in [3.8, 4) is 0 Å². The van der Waals surface area contributed by atoms with E-state index in [1.54, 1.807) is 6.20 Å². The van der Waals surface area contributed by atoms with E-state index < -0.39 is 24.3 Å². The first-order valence-corrected chi connectivity index (χ1v) is 11.5. The highest BCUT2D eigenvalue weighted by Gasteiger charge is 2.38. The lowest BCUT2D eigenvalue weighted by atomic mass is 10.1. The molecule has 3 N–H and O–H groups in total. The van der Waals surface area contributed by atoms with Crippen LogP contribution in [0.15, 0.2) is 55.2 Å². The van der Waals surface area contributed by atoms with E-state index in [0.29, 0.717) is 12.2 Å². The third-order valence-electron chi connectivity index (χ3n) is 5.11. The zero-order valence-corrected chi connectivity index (χ0v) is 20.9. The number of hydrogen-bond donors (Lipinski definition) is 3. The zero-order valence-electron chi connectivity index (χ0n) is 20.9. The van der Waals surface area contributed by atoms with Crippen LogP contribution in [0.4, 0.5) is 26.3 Å². The minimum Gasteiger partial charge on any atom is -0.475 e. The number of alkyl halides is 6. The van der Waals surface area contributed by atoms with Crippen LogP contribution >= 0.6 is 0 Å². The van der Waals surface area contributed by atoms with Crippen LogP contribution in [0, 0.1) is 0 Å². The van der Waals surface area contributed by atoms with Crippen molar-refractivity contribution in [1.82, 2.24) is 34.9 Å². The minimum atomic E-state index is -5.08. The van der Waals surface area contributed by atoms with Gasteiger partial charge >= 0.3 is 24.3 Å². The first-order chi connectivity index (χ1) is 19.2. The first-order valence-electron chi connectivity index (χ1n) is 11.5. The quantitative estimate of drug-likeness (QED) is 0.363. The van der Waals surface area contributed by atoms with Gasteiger partial charge in [0, 0.05) is 51.0 Å². The molecule has 1 atom stereocenters. The van der Waals surface area contributed by atoms with Gasteiger partial charge in [0.1, 0.15) is 5.69 Å². The number of carboxylic acids is 2. The molecule has 1 aliphatic rings. The predicted octanol–water partition coefficient (Wildman–Crippen LogP) is 2.71. The van der Waals surface area contributed by atoms with Gasteiger partial charge in [-0.1, -0.05) is 6.07 Å². The van der Waals surface area contributed by atoms with Crippen molar-refractivity contribution in [2.24, 2.45) is 0 Å². The molecule has 0 aromatic carbocycles. The van der Waals surface area contributed by atoms with E-state index in [-0.39, 0.29) is 11.9 Å². The number of nitrogens with one attached hydrogen (secondary N) is 1. The summed E-state index contributed by atoms with van der Waals surface area (Å²) in [5.41, 5.74) is 2.57. The Morgan fingerprint density at radius 2 is 1.59 bits per heavy atom. The van der Waals surface area contributed by atoms with E-state index in [9.17, 15) is 31.1 Å². The molecule has 0 bridgehead atoms. The van der Waals surface area contributed by atoms with Crippen molar-refractivity contribution in [2.75, 3.05) is 13.1 Å². The van der Waals surface area contributed by atoms with Crippen molar-refractivity contribution < 1.29 is 50.9 Å². The molecule has 0 fully saturated rings. The number of fused-ring (bicyclic) bond motifs is 1. The van der Waals surface area contributed by atoms with Crippen LogP contribution in [0.3, 0.4) is 0 Å². The Kier molecular flexibility index (Phi) is 11.7. The van der Waals surface area contributed by atoms with E-state index >= 15 is 0 Å². The SMILES string of the molecule is O=C(NCCC1CN(Cc2ccccn2)Cc2ccnn21)c1cnccn1.O=C(O)C(F)(F)F.O=C(O)C(F)(F)F. The molecule has 1 amide bonds. The van der Waals surface area contributed by atoms with Crippen LogP contribution < -0.4 is 5.32 Å². The molecule has 4 rings (SSSR count). The average Bonchev–Trinajstić information content (AvgIpc) is 3.38. The molecule has 0 saturated heterocycles. The molecule has 0 aliphatic carbocycles. The lowest BCUT2D eigenvalue weighted by Gasteiger charge is -2.33. The number of pyridine rings is 1. The first kappa shape index (κ1) is 32.6. The van der Waals surface area contributed by atoms with E-state index in [0.717, 1.165) is 31.7 Å². The number of amides is 1. The lowest BCUT2D eigenvalue weighted by Crippen LogP contribution is -2.39. The Labute approximate surface area is 227 Å². The van der Waals surface area contributed by atoms with Crippen LogP contribution in [-0.2, 0) is 22.7 Å². The van der Waals surface area contributed by atoms with Gasteiger partial charge in [-0.25, -0.2) is 14.6 Å². The largest absolute Gasteiger partial charge is 0.490 e. The zero-order chi connectivity index (χ0) is 30.6. The van der Waals surface area contributed by atoms with Crippen LogP contribution in [0.2, 0.25) is 0 Å². The van der Waals surface area contributed by atoms with Gasteiger partial charge < -0.3 is 15.5 Å². The van der Waals surface area contributed by atoms with E-state index in [1.165, 1.54) is 18.1 Å². The number of carboxylic acid groups (broad SMARTS) is 2. The summed E-state index contributed by atoms with van der Waals surface area (Å²) < 4.78 is 65.5. The standard InChI is InChI=1S/C19H21N7O.2C2HF3O2/c27-19(18-11-20-9-10-22-18)23-7-4-16-13-25(12-15-3-1-2-6-21-15)14-17-5-8-24-26(16)17;2*3-2(4,5)1(6)7/h1-3,5-6,8-11,16H,4,7,12-14H2,(H,23,27);2*(H,6,7). The second-order valence-electron chi connectivity index (χ2n) is 8.15. The summed E-state index contributed by atoms with van der Waals surface area (Å²) >= 11 is 0. The van der Waals surface area contributed by atoms with E-state index in [1.807, 2.05) is 30.6 Å². The molecule has 41 heavy (non-hydrogen) atoms. The number of rotatable bonds is 6. The molecule has 4 heterocycles. The molecule has 1 unspecified atom stereocenters. The summed E-state index contributed by atoms with van der Waals surface area (Å²) in [5.74, 6) is -5.72. The number of nitrogens with zero attached hydrogens (tertiary/aromatic N) is 6. The summed E-state index contributed by atoms with van der Waals surface area (Å²) in [6.45, 7) is 3.07. The maximum absolute atomic E-state index is 12.1. The number of carbonyl (C=O) groups is 3. The molecule has 1 aliphatic heterocycles. The molecule has 0 saturated carbocycles. The van der Waals surface area contributed by atoms with E-state index in [2.05, 4.69) is 41.0 Å². The maximum atomic E-state index is 12.1. The molecular weight excluding hydrogens is 568 g/mol. The molecule has 18 heteroatoms. The number of hydrogen-bond acceptors (Lipinski definition) is 8. The Balaban J connectivity index is 0.000000349. The average molecular weight is 591 g/mol.